The molecule has 0 fully saturated rings. The molecule has 3 aromatic heterocycles. The number of hydrogen-bond acceptors (Lipinski definition) is 4. The van der Waals surface area contributed by atoms with Gasteiger partial charge in [0.2, 0.25) is 0 Å². The number of hydrogen-bond donors (Lipinski definition) is 1. The minimum Gasteiger partial charge on any atom is -0.467 e. The Labute approximate surface area is 167 Å². The van der Waals surface area contributed by atoms with Gasteiger partial charge in [-0.2, -0.15) is 0 Å². The highest BCUT2D eigenvalue weighted by Gasteiger charge is 2.22. The number of aromatic nitrogens is 2. The van der Waals surface area contributed by atoms with E-state index in [1.54, 1.807) is 42.9 Å². The van der Waals surface area contributed by atoms with Crippen LogP contribution < -0.4 is 10.7 Å². The van der Waals surface area contributed by atoms with E-state index in [4.69, 9.17) is 4.42 Å². The van der Waals surface area contributed by atoms with Crippen LogP contribution in [0.1, 0.15) is 21.8 Å². The standard InChI is InChI=1S/C23H19N3O3/c1-16-13-20(27)21(23(28)25-18-8-3-2-4-9-18)22(17-7-5-11-24-14-17)26(16)15-19-10-6-12-29-19/h2-14H,15H2,1H3,(H,25,28). The Hall–Kier alpha value is -3.93. The lowest BCUT2D eigenvalue weighted by Gasteiger charge is -2.19. The van der Waals surface area contributed by atoms with Crippen LogP contribution in [0.25, 0.3) is 11.3 Å². The molecule has 0 atom stereocenters. The molecule has 1 N–H and O–H groups in total. The summed E-state index contributed by atoms with van der Waals surface area (Å²) >= 11 is 0. The highest BCUT2D eigenvalue weighted by Crippen LogP contribution is 2.25. The molecule has 6 nitrogen and oxygen atoms in total. The van der Waals surface area contributed by atoms with Crippen LogP contribution >= 0.6 is 0 Å². The number of carbonyl (C=O) groups excluding carboxylic acids is 1. The molecule has 6 heteroatoms. The molecular weight excluding hydrogens is 366 g/mol. The van der Waals surface area contributed by atoms with E-state index in [2.05, 4.69) is 10.3 Å². The molecular formula is C23H19N3O3. The SMILES string of the molecule is Cc1cc(=O)c(C(=O)Nc2ccccc2)c(-c2cccnc2)n1Cc1ccco1. The van der Waals surface area contributed by atoms with Crippen molar-refractivity contribution in [1.29, 1.82) is 0 Å². The van der Waals surface area contributed by atoms with Gasteiger partial charge in [-0.3, -0.25) is 14.6 Å². The molecule has 0 radical (unpaired) electrons. The zero-order valence-corrected chi connectivity index (χ0v) is 15.8. The third-order valence-electron chi connectivity index (χ3n) is 4.61. The van der Waals surface area contributed by atoms with Crippen molar-refractivity contribution in [2.24, 2.45) is 0 Å². The van der Waals surface area contributed by atoms with E-state index < -0.39 is 5.91 Å². The second-order valence-corrected chi connectivity index (χ2v) is 6.60. The largest absolute Gasteiger partial charge is 0.467 e. The van der Waals surface area contributed by atoms with Gasteiger partial charge in [-0.25, -0.2) is 0 Å². The van der Waals surface area contributed by atoms with Crippen LogP contribution in [0.5, 0.6) is 0 Å². The first-order valence-electron chi connectivity index (χ1n) is 9.17. The van der Waals surface area contributed by atoms with Crippen molar-refractivity contribution in [3.63, 3.8) is 0 Å². The smallest absolute Gasteiger partial charge is 0.261 e. The second-order valence-electron chi connectivity index (χ2n) is 6.60. The maximum absolute atomic E-state index is 13.1. The fraction of sp³-hybridized carbons (Fsp3) is 0.0870. The normalized spacial score (nSPS) is 10.7. The van der Waals surface area contributed by atoms with Gasteiger partial charge in [0.05, 0.1) is 18.5 Å². The fourth-order valence-electron chi connectivity index (χ4n) is 3.27. The monoisotopic (exact) mass is 385 g/mol. The van der Waals surface area contributed by atoms with Crippen LogP contribution in [0.15, 0.2) is 88.5 Å². The molecule has 144 valence electrons. The van der Waals surface area contributed by atoms with Gasteiger partial charge in [0.15, 0.2) is 5.43 Å². The topological polar surface area (TPSA) is 77.1 Å². The number of furan rings is 1. The lowest BCUT2D eigenvalue weighted by molar-refractivity contribution is 0.102. The zero-order valence-electron chi connectivity index (χ0n) is 15.8. The number of amides is 1. The average molecular weight is 385 g/mol. The molecule has 1 aromatic carbocycles. The number of para-hydroxylation sites is 1. The Morgan fingerprint density at radius 3 is 2.62 bits per heavy atom. The molecule has 1 amide bonds. The van der Waals surface area contributed by atoms with Crippen LogP contribution in [0.2, 0.25) is 0 Å². The van der Waals surface area contributed by atoms with E-state index in [1.165, 1.54) is 6.07 Å². The van der Waals surface area contributed by atoms with Crippen molar-refractivity contribution in [2.75, 3.05) is 5.32 Å². The summed E-state index contributed by atoms with van der Waals surface area (Å²) in [7, 11) is 0. The fourth-order valence-corrected chi connectivity index (χ4v) is 3.27. The number of anilines is 1. The van der Waals surface area contributed by atoms with Crippen LogP contribution in [-0.2, 0) is 6.54 Å². The minimum absolute atomic E-state index is 0.0685. The summed E-state index contributed by atoms with van der Waals surface area (Å²) in [4.78, 5) is 30.2. The van der Waals surface area contributed by atoms with E-state index in [0.717, 1.165) is 11.5 Å². The first kappa shape index (κ1) is 18.4. The first-order valence-corrected chi connectivity index (χ1v) is 9.17. The highest BCUT2D eigenvalue weighted by molar-refractivity contribution is 6.08. The van der Waals surface area contributed by atoms with E-state index in [0.29, 0.717) is 23.5 Å². The Morgan fingerprint density at radius 2 is 1.93 bits per heavy atom. The summed E-state index contributed by atoms with van der Waals surface area (Å²) in [5.74, 6) is 0.254. The van der Waals surface area contributed by atoms with Crippen LogP contribution in [-0.4, -0.2) is 15.5 Å². The predicted octanol–water partition coefficient (Wildman–Crippen LogP) is 4.11. The van der Waals surface area contributed by atoms with Crippen molar-refractivity contribution in [1.82, 2.24) is 9.55 Å². The van der Waals surface area contributed by atoms with Gasteiger partial charge in [0.1, 0.15) is 11.3 Å². The maximum atomic E-state index is 13.1. The molecule has 4 rings (SSSR count). The number of pyridine rings is 2. The maximum Gasteiger partial charge on any atom is 0.261 e. The second kappa shape index (κ2) is 7.98. The third kappa shape index (κ3) is 3.87. The Morgan fingerprint density at radius 1 is 1.10 bits per heavy atom. The van der Waals surface area contributed by atoms with Gasteiger partial charge in [-0.15, -0.1) is 0 Å². The van der Waals surface area contributed by atoms with Gasteiger partial charge in [-0.1, -0.05) is 18.2 Å². The van der Waals surface area contributed by atoms with Gasteiger partial charge < -0.3 is 14.3 Å². The van der Waals surface area contributed by atoms with Gasteiger partial charge in [0.25, 0.3) is 5.91 Å². The number of nitrogens with one attached hydrogen (secondary N) is 1. The molecule has 0 aliphatic heterocycles. The molecule has 0 unspecified atom stereocenters. The van der Waals surface area contributed by atoms with E-state index in [-0.39, 0.29) is 11.0 Å². The van der Waals surface area contributed by atoms with Crippen molar-refractivity contribution in [3.05, 3.63) is 107 Å². The quantitative estimate of drug-likeness (QED) is 0.561. The number of rotatable bonds is 5. The molecule has 0 aliphatic rings. The van der Waals surface area contributed by atoms with Crippen LogP contribution in [0.4, 0.5) is 5.69 Å². The van der Waals surface area contributed by atoms with Crippen LogP contribution in [0, 0.1) is 6.92 Å². The summed E-state index contributed by atoms with van der Waals surface area (Å²) in [5.41, 5.74) is 2.25. The van der Waals surface area contributed by atoms with Crippen molar-refractivity contribution >= 4 is 11.6 Å². The lowest BCUT2D eigenvalue weighted by Crippen LogP contribution is -2.27. The predicted molar refractivity (Wildman–Crippen MR) is 111 cm³/mol. The van der Waals surface area contributed by atoms with E-state index in [9.17, 15) is 9.59 Å². The summed E-state index contributed by atoms with van der Waals surface area (Å²) in [5, 5.41) is 2.82. The van der Waals surface area contributed by atoms with Crippen molar-refractivity contribution in [2.45, 2.75) is 13.5 Å². The molecule has 3 heterocycles. The van der Waals surface area contributed by atoms with E-state index >= 15 is 0 Å². The summed E-state index contributed by atoms with van der Waals surface area (Å²) in [6.45, 7) is 2.22. The minimum atomic E-state index is -0.465. The van der Waals surface area contributed by atoms with Crippen molar-refractivity contribution in [3.8, 4) is 11.3 Å². The lowest BCUT2D eigenvalue weighted by atomic mass is 10.0. The van der Waals surface area contributed by atoms with E-state index in [1.807, 2.05) is 41.8 Å². The molecule has 0 saturated heterocycles. The zero-order chi connectivity index (χ0) is 20.2. The molecule has 4 aromatic rings. The molecule has 0 saturated carbocycles. The molecule has 0 aliphatic carbocycles. The van der Waals surface area contributed by atoms with Crippen LogP contribution in [0.3, 0.4) is 0 Å². The van der Waals surface area contributed by atoms with Gasteiger partial charge in [0, 0.05) is 35.4 Å². The number of aryl methyl sites for hydroxylation is 1. The highest BCUT2D eigenvalue weighted by atomic mass is 16.3. The number of benzene rings is 1. The number of nitrogens with zero attached hydrogens (tertiary/aromatic N) is 2. The molecule has 29 heavy (non-hydrogen) atoms. The number of carbonyl (C=O) groups is 1. The summed E-state index contributed by atoms with van der Waals surface area (Å²) < 4.78 is 7.39. The van der Waals surface area contributed by atoms with Gasteiger partial charge in [-0.05, 0) is 43.3 Å². The molecule has 0 bridgehead atoms. The third-order valence-corrected chi connectivity index (χ3v) is 4.61. The molecule has 0 spiro atoms. The first-order chi connectivity index (χ1) is 14.1. The Bertz CT molecular complexity index is 1180. The Balaban J connectivity index is 1.89. The Kier molecular flexibility index (Phi) is 5.07. The van der Waals surface area contributed by atoms with Gasteiger partial charge >= 0.3 is 0 Å². The average Bonchev–Trinajstić information content (AvgIpc) is 3.24. The summed E-state index contributed by atoms with van der Waals surface area (Å²) in [6, 6.07) is 17.8. The van der Waals surface area contributed by atoms with Crippen molar-refractivity contribution < 1.29 is 9.21 Å². The summed E-state index contributed by atoms with van der Waals surface area (Å²) in [6.07, 6.45) is 4.89.